The summed E-state index contributed by atoms with van der Waals surface area (Å²) in [7, 11) is 2.13. The molecule has 0 atom stereocenters. The number of pyridine rings is 1. The van der Waals surface area contributed by atoms with Gasteiger partial charge in [0.25, 0.3) is 0 Å². The summed E-state index contributed by atoms with van der Waals surface area (Å²) in [6, 6.07) is 26.5. The van der Waals surface area contributed by atoms with Gasteiger partial charge in [-0.3, -0.25) is 0 Å². The van der Waals surface area contributed by atoms with Crippen LogP contribution in [0.2, 0.25) is 0 Å². The van der Waals surface area contributed by atoms with E-state index in [1.54, 1.807) is 0 Å². The van der Waals surface area contributed by atoms with Crippen LogP contribution < -0.4 is 4.57 Å². The molecule has 29 heavy (non-hydrogen) atoms. The van der Waals surface area contributed by atoms with Crippen molar-refractivity contribution < 1.29 is 4.57 Å². The summed E-state index contributed by atoms with van der Waals surface area (Å²) in [4.78, 5) is 0. The smallest absolute Gasteiger partial charge is 0.201 e. The number of benzene rings is 3. The summed E-state index contributed by atoms with van der Waals surface area (Å²) >= 11 is 0. The van der Waals surface area contributed by atoms with Gasteiger partial charge >= 0.3 is 0 Å². The van der Waals surface area contributed by atoms with Gasteiger partial charge < -0.3 is 0 Å². The molecule has 0 amide bonds. The molecule has 0 spiro atoms. The first-order valence-corrected chi connectivity index (χ1v) is 10.2. The highest BCUT2D eigenvalue weighted by Gasteiger charge is 2.17. The molecule has 0 aliphatic heterocycles. The van der Waals surface area contributed by atoms with E-state index in [9.17, 15) is 0 Å². The maximum atomic E-state index is 2.35. The third-order valence-electron chi connectivity index (χ3n) is 5.77. The van der Waals surface area contributed by atoms with Crippen molar-refractivity contribution >= 4 is 0 Å². The van der Waals surface area contributed by atoms with Crippen LogP contribution in [-0.2, 0) is 7.05 Å². The standard InChI is InChI=1S/C28H28N/c1-19-11-12-25(20(2)15-19)24-13-14-29(5)28(17-24)27-18-26(21(3)16-22(27)4)23-9-7-6-8-10-23/h6-18H,1-5H3/q+1. The van der Waals surface area contributed by atoms with Crippen molar-refractivity contribution in [2.45, 2.75) is 27.7 Å². The van der Waals surface area contributed by atoms with Crippen LogP contribution in [0.1, 0.15) is 22.3 Å². The Hall–Kier alpha value is -3.19. The van der Waals surface area contributed by atoms with Gasteiger partial charge in [0, 0.05) is 17.7 Å². The lowest BCUT2D eigenvalue weighted by Crippen LogP contribution is -2.30. The molecule has 0 radical (unpaired) electrons. The van der Waals surface area contributed by atoms with Crippen molar-refractivity contribution in [3.05, 3.63) is 101 Å². The molecule has 4 aromatic rings. The van der Waals surface area contributed by atoms with Gasteiger partial charge in [-0.25, -0.2) is 4.57 Å². The van der Waals surface area contributed by atoms with Crippen LogP contribution in [0.15, 0.2) is 79.0 Å². The highest BCUT2D eigenvalue weighted by Crippen LogP contribution is 2.33. The molecule has 144 valence electrons. The van der Waals surface area contributed by atoms with E-state index in [-0.39, 0.29) is 0 Å². The van der Waals surface area contributed by atoms with Gasteiger partial charge in [-0.1, -0.05) is 60.2 Å². The van der Waals surface area contributed by atoms with E-state index in [0.29, 0.717) is 0 Å². The molecule has 0 saturated carbocycles. The third kappa shape index (κ3) is 3.73. The molecule has 1 heteroatoms. The lowest BCUT2D eigenvalue weighted by atomic mass is 9.92. The van der Waals surface area contributed by atoms with Crippen LogP contribution in [0, 0.1) is 27.7 Å². The minimum atomic E-state index is 1.23. The van der Waals surface area contributed by atoms with Gasteiger partial charge in [0.05, 0.1) is 0 Å². The van der Waals surface area contributed by atoms with Crippen LogP contribution in [0.5, 0.6) is 0 Å². The van der Waals surface area contributed by atoms with E-state index in [0.717, 1.165) is 0 Å². The Morgan fingerprint density at radius 3 is 1.97 bits per heavy atom. The fourth-order valence-corrected chi connectivity index (χ4v) is 4.20. The molecular weight excluding hydrogens is 350 g/mol. The molecule has 4 rings (SSSR count). The van der Waals surface area contributed by atoms with Crippen molar-refractivity contribution in [3.8, 4) is 33.5 Å². The van der Waals surface area contributed by atoms with Gasteiger partial charge in [0.1, 0.15) is 7.05 Å². The zero-order valence-electron chi connectivity index (χ0n) is 18.0. The monoisotopic (exact) mass is 378 g/mol. The molecule has 1 aromatic heterocycles. The Bertz CT molecular complexity index is 1190. The van der Waals surface area contributed by atoms with Gasteiger partial charge in [0.15, 0.2) is 6.20 Å². The largest absolute Gasteiger partial charge is 0.213 e. The maximum absolute atomic E-state index is 2.35. The molecule has 0 aliphatic carbocycles. The van der Waals surface area contributed by atoms with Crippen molar-refractivity contribution in [3.63, 3.8) is 0 Å². The number of hydrogen-bond donors (Lipinski definition) is 0. The van der Waals surface area contributed by atoms with Crippen molar-refractivity contribution in [1.29, 1.82) is 0 Å². The first-order chi connectivity index (χ1) is 13.9. The van der Waals surface area contributed by atoms with Crippen LogP contribution in [-0.4, -0.2) is 0 Å². The summed E-state index contributed by atoms with van der Waals surface area (Å²) in [5.74, 6) is 0. The number of nitrogens with zero attached hydrogens (tertiary/aromatic N) is 1. The molecule has 0 unspecified atom stereocenters. The molecule has 0 aliphatic rings. The van der Waals surface area contributed by atoms with Gasteiger partial charge in [-0.2, -0.15) is 0 Å². The van der Waals surface area contributed by atoms with Crippen LogP contribution in [0.25, 0.3) is 33.5 Å². The second-order valence-corrected chi connectivity index (χ2v) is 8.08. The highest BCUT2D eigenvalue weighted by molar-refractivity contribution is 5.78. The van der Waals surface area contributed by atoms with Gasteiger partial charge in [-0.15, -0.1) is 0 Å². The van der Waals surface area contributed by atoms with Crippen LogP contribution >= 0.6 is 0 Å². The summed E-state index contributed by atoms with van der Waals surface area (Å²) in [6.45, 7) is 8.75. The number of rotatable bonds is 3. The molecule has 0 fully saturated rings. The first-order valence-electron chi connectivity index (χ1n) is 10.2. The Kier molecular flexibility index (Phi) is 5.07. The molecule has 1 nitrogen and oxygen atoms in total. The lowest BCUT2D eigenvalue weighted by Gasteiger charge is -2.13. The summed E-state index contributed by atoms with van der Waals surface area (Å²) < 4.78 is 2.22. The van der Waals surface area contributed by atoms with E-state index in [1.807, 2.05) is 0 Å². The fourth-order valence-electron chi connectivity index (χ4n) is 4.20. The van der Waals surface area contributed by atoms with E-state index >= 15 is 0 Å². The number of aryl methyl sites for hydroxylation is 5. The van der Waals surface area contributed by atoms with Crippen molar-refractivity contribution in [1.82, 2.24) is 0 Å². The summed E-state index contributed by atoms with van der Waals surface area (Å²) in [6.07, 6.45) is 2.17. The normalized spacial score (nSPS) is 10.9. The maximum Gasteiger partial charge on any atom is 0.213 e. The van der Waals surface area contributed by atoms with E-state index in [2.05, 4.69) is 118 Å². The van der Waals surface area contributed by atoms with Gasteiger partial charge in [0.2, 0.25) is 5.69 Å². The second-order valence-electron chi connectivity index (χ2n) is 8.08. The minimum absolute atomic E-state index is 1.23. The predicted molar refractivity (Wildman–Crippen MR) is 123 cm³/mol. The van der Waals surface area contributed by atoms with Crippen molar-refractivity contribution in [2.24, 2.45) is 7.05 Å². The lowest BCUT2D eigenvalue weighted by molar-refractivity contribution is -0.660. The first kappa shape index (κ1) is 19.1. The summed E-state index contributed by atoms with van der Waals surface area (Å²) in [5, 5.41) is 0. The zero-order chi connectivity index (χ0) is 20.5. The van der Waals surface area contributed by atoms with E-state index < -0.39 is 0 Å². The Morgan fingerprint density at radius 2 is 1.24 bits per heavy atom. The molecular formula is C28H28N+. The molecule has 3 aromatic carbocycles. The van der Waals surface area contributed by atoms with E-state index in [4.69, 9.17) is 0 Å². The Labute approximate surface area is 174 Å². The third-order valence-corrected chi connectivity index (χ3v) is 5.77. The quantitative estimate of drug-likeness (QED) is 0.347. The molecule has 0 saturated heterocycles. The predicted octanol–water partition coefficient (Wildman–Crippen LogP) is 6.75. The molecule has 0 bridgehead atoms. The molecule has 1 heterocycles. The zero-order valence-corrected chi connectivity index (χ0v) is 18.0. The highest BCUT2D eigenvalue weighted by atomic mass is 14.9. The SMILES string of the molecule is Cc1ccc(-c2cc[n+](C)c(-c3cc(-c4ccccc4)c(C)cc3C)c2)c(C)c1. The Morgan fingerprint density at radius 1 is 0.552 bits per heavy atom. The molecule has 0 N–H and O–H groups in total. The second kappa shape index (κ2) is 7.67. The van der Waals surface area contributed by atoms with E-state index in [1.165, 1.54) is 55.8 Å². The topological polar surface area (TPSA) is 3.88 Å². The van der Waals surface area contributed by atoms with Crippen LogP contribution in [0.3, 0.4) is 0 Å². The van der Waals surface area contributed by atoms with Crippen LogP contribution in [0.4, 0.5) is 0 Å². The summed E-state index contributed by atoms with van der Waals surface area (Å²) in [5.41, 5.74) is 12.9. The average molecular weight is 379 g/mol. The number of hydrogen-bond acceptors (Lipinski definition) is 0. The van der Waals surface area contributed by atoms with Gasteiger partial charge in [-0.05, 0) is 72.7 Å². The average Bonchev–Trinajstić information content (AvgIpc) is 2.70. The van der Waals surface area contributed by atoms with Crippen molar-refractivity contribution in [2.75, 3.05) is 0 Å². The fraction of sp³-hybridized carbons (Fsp3) is 0.179. The number of aromatic nitrogens is 1. The minimum Gasteiger partial charge on any atom is -0.201 e. The Balaban J connectivity index is 1.89.